The van der Waals surface area contributed by atoms with Crippen LogP contribution in [0.1, 0.15) is 72.4 Å². The average Bonchev–Trinajstić information content (AvgIpc) is 3.99. The molecule has 0 aliphatic rings. The van der Waals surface area contributed by atoms with Gasteiger partial charge >= 0.3 is 5.91 Å². The minimum absolute atomic E-state index is 0.0302. The molecule has 0 atom stereocenters. The molecule has 5 heterocycles. The fourth-order valence-electron chi connectivity index (χ4n) is 6.47. The Labute approximate surface area is 338 Å². The second-order valence-electron chi connectivity index (χ2n) is 13.2. The number of anilines is 1. The van der Waals surface area contributed by atoms with E-state index in [0.29, 0.717) is 62.8 Å². The maximum Gasteiger partial charge on any atom is 0.317 e. The van der Waals surface area contributed by atoms with Gasteiger partial charge in [-0.05, 0) is 43.7 Å². The van der Waals surface area contributed by atoms with Crippen LogP contribution >= 0.6 is 11.3 Å². The third kappa shape index (κ3) is 8.03. The second-order valence-corrected chi connectivity index (χ2v) is 14.2. The number of hydrogen-bond acceptors (Lipinski definition) is 13. The molecule has 20 heteroatoms. The predicted molar refractivity (Wildman–Crippen MR) is 216 cm³/mol. The smallest absolute Gasteiger partial charge is 0.317 e. The van der Waals surface area contributed by atoms with Crippen LogP contribution in [0.25, 0.3) is 26.9 Å². The van der Waals surface area contributed by atoms with Gasteiger partial charge in [-0.15, -0.1) is 0 Å². The normalized spacial score (nSPS) is 12.0. The highest BCUT2D eigenvalue weighted by atomic mass is 32.1. The molecule has 0 radical (unpaired) electrons. The lowest BCUT2D eigenvalue weighted by molar-refractivity contribution is 0.0965. The van der Waals surface area contributed by atoms with Crippen molar-refractivity contribution in [1.29, 1.82) is 0 Å². The van der Waals surface area contributed by atoms with Gasteiger partial charge in [0.05, 0.1) is 35.8 Å². The number of amides is 4. The third-order valence-electron chi connectivity index (χ3n) is 9.12. The summed E-state index contributed by atoms with van der Waals surface area (Å²) in [6.45, 7) is 5.52. The molecule has 2 aromatic carbocycles. The van der Waals surface area contributed by atoms with Crippen LogP contribution in [0, 0.1) is 13.8 Å². The summed E-state index contributed by atoms with van der Waals surface area (Å²) in [5, 5.41) is 16.6. The summed E-state index contributed by atoms with van der Waals surface area (Å²) in [6, 6.07) is 9.39. The van der Waals surface area contributed by atoms with Crippen molar-refractivity contribution >= 4 is 67.8 Å². The van der Waals surface area contributed by atoms with Crippen molar-refractivity contribution in [1.82, 2.24) is 33.7 Å². The molecule has 59 heavy (non-hydrogen) atoms. The van der Waals surface area contributed by atoms with Gasteiger partial charge in [0, 0.05) is 55.9 Å². The molecule has 19 nitrogen and oxygen atoms in total. The fraction of sp³-hybridized carbons (Fsp3) is 0.256. The number of nitrogens with one attached hydrogen (secondary N) is 1. The van der Waals surface area contributed by atoms with Crippen molar-refractivity contribution in [2.45, 2.75) is 46.7 Å². The van der Waals surface area contributed by atoms with Gasteiger partial charge in [-0.1, -0.05) is 30.4 Å². The molecular formula is C39H39N11O8S. The van der Waals surface area contributed by atoms with Crippen LogP contribution in [0.3, 0.4) is 0 Å². The van der Waals surface area contributed by atoms with E-state index < -0.39 is 23.6 Å². The number of carbonyl (C=O) groups excluding carboxylic acids is 4. The minimum Gasteiger partial charge on any atom is -0.494 e. The Morgan fingerprint density at radius 1 is 0.966 bits per heavy atom. The molecule has 0 unspecified atom stereocenters. The number of carbonyl (C=O) groups is 4. The summed E-state index contributed by atoms with van der Waals surface area (Å²) < 4.78 is 22.8. The number of primary amides is 2. The number of aryl methyl sites for hydroxylation is 3. The largest absolute Gasteiger partial charge is 0.494 e. The van der Waals surface area contributed by atoms with E-state index in [4.69, 9.17) is 30.3 Å². The van der Waals surface area contributed by atoms with Crippen molar-refractivity contribution in [3.05, 3.63) is 99.4 Å². The number of allylic oxidation sites excluding steroid dienone is 2. The van der Waals surface area contributed by atoms with Gasteiger partial charge in [0.25, 0.3) is 5.91 Å². The number of oxazole rings is 1. The molecule has 0 saturated carbocycles. The molecule has 5 aromatic heterocycles. The summed E-state index contributed by atoms with van der Waals surface area (Å²) in [7, 11) is 1.46. The van der Waals surface area contributed by atoms with E-state index in [-0.39, 0.29) is 65.4 Å². The number of methoxy groups -OCH3 is 1. The SMILES string of the molecule is CCc1nc(C)oc1C(=O)N=c1sc2cc(C(N)=O)cc(OC)c2n1C/C=C\Cn1c(NC(=O)c2cc(C)nc3ccnn23)nc2cc(C(N)=O)cc(OCCCO)c21. The third-order valence-corrected chi connectivity index (χ3v) is 10.1. The van der Waals surface area contributed by atoms with E-state index in [0.717, 1.165) is 11.3 Å². The maximum atomic E-state index is 13.9. The number of benzene rings is 2. The van der Waals surface area contributed by atoms with Gasteiger partial charge < -0.3 is 39.6 Å². The minimum atomic E-state index is -0.713. The number of fused-ring (bicyclic) bond motifs is 3. The van der Waals surface area contributed by atoms with Gasteiger partial charge in [-0.25, -0.2) is 19.5 Å². The van der Waals surface area contributed by atoms with E-state index in [9.17, 15) is 24.3 Å². The van der Waals surface area contributed by atoms with E-state index in [1.54, 1.807) is 47.3 Å². The Bertz CT molecular complexity index is 2900. The number of aromatic nitrogens is 7. The zero-order valence-corrected chi connectivity index (χ0v) is 33.2. The lowest BCUT2D eigenvalue weighted by Gasteiger charge is -2.13. The Morgan fingerprint density at radius 3 is 2.41 bits per heavy atom. The predicted octanol–water partition coefficient (Wildman–Crippen LogP) is 3.48. The Hall–Kier alpha value is -7.19. The first-order chi connectivity index (χ1) is 28.4. The van der Waals surface area contributed by atoms with Crippen molar-refractivity contribution in [2.75, 3.05) is 25.6 Å². The maximum absolute atomic E-state index is 13.9. The number of nitrogens with zero attached hydrogens (tertiary/aromatic N) is 8. The Morgan fingerprint density at radius 2 is 1.69 bits per heavy atom. The standard InChI is InChI=1S/C39H39N11O8S/c1-5-24-33(58-21(3)44-24)37(55)47-39-49(32-27(56-4)17-23(35(41)53)19-29(32)59-39)12-7-6-11-48-31-25(16-22(34(40)52)18-28(31)57-14-8-13-51)45-38(48)46-36(54)26-15-20(2)43-30-9-10-42-50(26)30/h6-7,9-10,15-19,51H,5,8,11-14H2,1-4H3,(H2,40,52)(H2,41,53)(H,45,46,54)/b7-6-,47-39?. The van der Waals surface area contributed by atoms with Crippen LogP contribution in [-0.4, -0.2) is 82.8 Å². The van der Waals surface area contributed by atoms with Gasteiger partial charge in [0.1, 0.15) is 28.2 Å². The quantitative estimate of drug-likeness (QED) is 0.0856. The number of nitrogens with two attached hydrogens (primary N) is 2. The van der Waals surface area contributed by atoms with Crippen LogP contribution in [0.5, 0.6) is 11.5 Å². The topological polar surface area (TPSA) is 262 Å². The molecule has 0 spiro atoms. The summed E-state index contributed by atoms with van der Waals surface area (Å²) in [5.74, 6) is -1.47. The number of ether oxygens (including phenoxy) is 2. The Balaban J connectivity index is 1.31. The zero-order chi connectivity index (χ0) is 42.0. The summed E-state index contributed by atoms with van der Waals surface area (Å²) in [6.07, 6.45) is 5.92. The molecule has 0 aliphatic heterocycles. The van der Waals surface area contributed by atoms with Crippen LogP contribution < -0.4 is 31.1 Å². The van der Waals surface area contributed by atoms with Gasteiger partial charge in [-0.2, -0.15) is 10.1 Å². The van der Waals surface area contributed by atoms with Crippen LogP contribution in [0.15, 0.2) is 64.2 Å². The van der Waals surface area contributed by atoms with Crippen LogP contribution in [0.4, 0.5) is 5.95 Å². The molecule has 7 aromatic rings. The van der Waals surface area contributed by atoms with Crippen molar-refractivity contribution < 1.29 is 38.2 Å². The lowest BCUT2D eigenvalue weighted by Crippen LogP contribution is -2.20. The fourth-order valence-corrected chi connectivity index (χ4v) is 7.56. The molecule has 4 amide bonds. The van der Waals surface area contributed by atoms with Crippen molar-refractivity contribution in [3.8, 4) is 11.5 Å². The van der Waals surface area contributed by atoms with Crippen molar-refractivity contribution in [2.24, 2.45) is 16.5 Å². The molecule has 0 aliphatic carbocycles. The number of aliphatic hydroxyl groups is 1. The number of hydrogen-bond donors (Lipinski definition) is 4. The molecule has 7 rings (SSSR count). The summed E-state index contributed by atoms with van der Waals surface area (Å²) in [5.41, 5.74) is 14.7. The van der Waals surface area contributed by atoms with Crippen LogP contribution in [0.2, 0.25) is 0 Å². The van der Waals surface area contributed by atoms with Gasteiger partial charge in [-0.3, -0.25) is 24.5 Å². The highest BCUT2D eigenvalue weighted by Crippen LogP contribution is 2.32. The highest BCUT2D eigenvalue weighted by molar-refractivity contribution is 7.16. The summed E-state index contributed by atoms with van der Waals surface area (Å²) in [4.78, 5) is 70.1. The van der Waals surface area contributed by atoms with E-state index in [1.807, 2.05) is 13.0 Å². The van der Waals surface area contributed by atoms with E-state index in [1.165, 1.54) is 36.0 Å². The first-order valence-electron chi connectivity index (χ1n) is 18.3. The van der Waals surface area contributed by atoms with E-state index >= 15 is 0 Å². The van der Waals surface area contributed by atoms with Gasteiger partial charge in [0.2, 0.25) is 23.5 Å². The first kappa shape index (κ1) is 40.0. The van der Waals surface area contributed by atoms with Crippen LogP contribution in [-0.2, 0) is 19.5 Å². The lowest BCUT2D eigenvalue weighted by atomic mass is 10.1. The zero-order valence-electron chi connectivity index (χ0n) is 32.4. The number of rotatable bonds is 15. The Kier molecular flexibility index (Phi) is 11.3. The molecule has 0 fully saturated rings. The van der Waals surface area contributed by atoms with Gasteiger partial charge in [0.15, 0.2) is 16.3 Å². The molecule has 0 bridgehead atoms. The molecule has 6 N–H and O–H groups in total. The second kappa shape index (κ2) is 16.7. The molecule has 304 valence electrons. The average molecular weight is 822 g/mol. The molecular weight excluding hydrogens is 783 g/mol. The number of imidazole rings is 1. The first-order valence-corrected chi connectivity index (χ1v) is 19.1. The highest BCUT2D eigenvalue weighted by Gasteiger charge is 2.23. The molecule has 0 saturated heterocycles. The number of thiazole rings is 1. The summed E-state index contributed by atoms with van der Waals surface area (Å²) >= 11 is 1.16. The van der Waals surface area contributed by atoms with E-state index in [2.05, 4.69) is 25.4 Å². The van der Waals surface area contributed by atoms with Crippen molar-refractivity contribution in [3.63, 3.8) is 0 Å². The number of aliphatic hydroxyl groups excluding tert-OH is 1. The monoisotopic (exact) mass is 821 g/mol.